The zero-order chi connectivity index (χ0) is 29.0. The number of rotatable bonds is 2. The third kappa shape index (κ3) is 4.29. The Balaban J connectivity index is 1.45. The van der Waals surface area contributed by atoms with Crippen molar-refractivity contribution in [2.45, 2.75) is 44.2 Å². The number of benzene rings is 2. The van der Waals surface area contributed by atoms with Crippen LogP contribution in [0.4, 0.5) is 15.9 Å². The van der Waals surface area contributed by atoms with E-state index in [9.17, 15) is 0 Å². The van der Waals surface area contributed by atoms with Crippen LogP contribution in [-0.2, 0) is 0 Å². The van der Waals surface area contributed by atoms with Gasteiger partial charge in [0.1, 0.15) is 11.2 Å². The first kappa shape index (κ1) is 26.2. The summed E-state index contributed by atoms with van der Waals surface area (Å²) in [5, 5.41) is 13.7. The molecule has 4 aromatic rings. The lowest BCUT2D eigenvalue weighted by Gasteiger charge is -2.34. The molecule has 210 valence electrons. The van der Waals surface area contributed by atoms with Gasteiger partial charge in [0.05, 0.1) is 12.1 Å². The maximum atomic E-state index is 16.7. The van der Waals surface area contributed by atoms with E-state index in [1.54, 1.807) is 6.07 Å². The van der Waals surface area contributed by atoms with Crippen molar-refractivity contribution in [1.29, 1.82) is 0 Å². The first-order chi connectivity index (χ1) is 20.3. The SMILES string of the molecule is C#Cc1cccc2cc(N)cc(-c3nnc4c(N5CC(=C)N[C@@H](C)C5)nc(C#CC56CCCN5CCC6)nc4c3F)c12. The Morgan fingerprint density at radius 2 is 1.95 bits per heavy atom. The summed E-state index contributed by atoms with van der Waals surface area (Å²) >= 11 is 0. The molecule has 42 heavy (non-hydrogen) atoms. The largest absolute Gasteiger partial charge is 0.399 e. The normalized spacial score (nSPS) is 19.8. The highest BCUT2D eigenvalue weighted by Gasteiger charge is 2.43. The number of piperazine rings is 1. The zero-order valence-corrected chi connectivity index (χ0v) is 23.5. The molecule has 0 unspecified atom stereocenters. The van der Waals surface area contributed by atoms with E-state index in [2.05, 4.69) is 56.7 Å². The number of hydrogen-bond donors (Lipinski definition) is 2. The molecular weight excluding hydrogens is 527 g/mol. The summed E-state index contributed by atoms with van der Waals surface area (Å²) in [5.41, 5.74) is 8.84. The number of halogens is 1. The van der Waals surface area contributed by atoms with Crippen LogP contribution in [0, 0.1) is 30.0 Å². The van der Waals surface area contributed by atoms with Gasteiger partial charge in [-0.05, 0) is 75.2 Å². The van der Waals surface area contributed by atoms with Crippen LogP contribution in [0.1, 0.15) is 44.0 Å². The second-order valence-electron chi connectivity index (χ2n) is 11.6. The van der Waals surface area contributed by atoms with Crippen molar-refractivity contribution in [3.63, 3.8) is 0 Å². The Bertz CT molecular complexity index is 1870. The number of nitrogen functional groups attached to an aromatic ring is 1. The van der Waals surface area contributed by atoms with E-state index in [-0.39, 0.29) is 34.1 Å². The van der Waals surface area contributed by atoms with Crippen LogP contribution in [0.2, 0.25) is 0 Å². The number of nitrogens with one attached hydrogen (secondary N) is 1. The fourth-order valence-corrected chi connectivity index (χ4v) is 6.86. The van der Waals surface area contributed by atoms with Gasteiger partial charge in [-0.3, -0.25) is 4.90 Å². The van der Waals surface area contributed by atoms with Crippen molar-refractivity contribution in [1.82, 2.24) is 30.4 Å². The molecular formula is C33H31FN8. The zero-order valence-electron chi connectivity index (χ0n) is 23.5. The number of aromatic nitrogens is 4. The third-order valence-electron chi connectivity index (χ3n) is 8.62. The fourth-order valence-electron chi connectivity index (χ4n) is 6.86. The molecule has 0 amide bonds. The van der Waals surface area contributed by atoms with Crippen LogP contribution in [-0.4, -0.2) is 62.8 Å². The minimum Gasteiger partial charge on any atom is -0.399 e. The Morgan fingerprint density at radius 1 is 1.14 bits per heavy atom. The molecule has 3 aliphatic heterocycles. The number of nitrogens with two attached hydrogens (primary N) is 1. The molecule has 0 saturated carbocycles. The van der Waals surface area contributed by atoms with Gasteiger partial charge in [-0.2, -0.15) is 0 Å². The molecule has 3 saturated heterocycles. The predicted octanol–water partition coefficient (Wildman–Crippen LogP) is 4.23. The average molecular weight is 559 g/mol. The maximum Gasteiger partial charge on any atom is 0.207 e. The first-order valence-corrected chi connectivity index (χ1v) is 14.4. The summed E-state index contributed by atoms with van der Waals surface area (Å²) in [6.45, 7) is 9.43. The smallest absolute Gasteiger partial charge is 0.207 e. The third-order valence-corrected chi connectivity index (χ3v) is 8.62. The Morgan fingerprint density at radius 3 is 2.71 bits per heavy atom. The van der Waals surface area contributed by atoms with Crippen molar-refractivity contribution >= 4 is 33.3 Å². The average Bonchev–Trinajstić information content (AvgIpc) is 3.55. The van der Waals surface area contributed by atoms with Gasteiger partial charge in [-0.15, -0.1) is 16.6 Å². The summed E-state index contributed by atoms with van der Waals surface area (Å²) in [7, 11) is 0. The molecule has 2 aromatic heterocycles. The summed E-state index contributed by atoms with van der Waals surface area (Å²) < 4.78 is 16.7. The van der Waals surface area contributed by atoms with Crippen LogP contribution in [0.5, 0.6) is 0 Å². The molecule has 7 rings (SSSR count). The lowest BCUT2D eigenvalue weighted by Crippen LogP contribution is -2.48. The van der Waals surface area contributed by atoms with Gasteiger partial charge in [-0.1, -0.05) is 30.6 Å². The van der Waals surface area contributed by atoms with Crippen LogP contribution >= 0.6 is 0 Å². The Hall–Kier alpha value is -4.73. The van der Waals surface area contributed by atoms with Gasteiger partial charge in [-0.25, -0.2) is 14.4 Å². The fraction of sp³-hybridized carbons (Fsp3) is 0.333. The van der Waals surface area contributed by atoms with Gasteiger partial charge in [0.2, 0.25) is 5.82 Å². The number of anilines is 2. The molecule has 5 heterocycles. The summed E-state index contributed by atoms with van der Waals surface area (Å²) in [6, 6.07) is 9.17. The van der Waals surface area contributed by atoms with E-state index in [1.807, 2.05) is 29.2 Å². The number of hydrogen-bond acceptors (Lipinski definition) is 8. The summed E-state index contributed by atoms with van der Waals surface area (Å²) in [5.74, 6) is 9.60. The predicted molar refractivity (Wildman–Crippen MR) is 164 cm³/mol. The van der Waals surface area contributed by atoms with Crippen molar-refractivity contribution in [2.75, 3.05) is 36.8 Å². The highest BCUT2D eigenvalue weighted by molar-refractivity contribution is 6.03. The van der Waals surface area contributed by atoms with E-state index in [0.717, 1.165) is 49.9 Å². The molecule has 2 aromatic carbocycles. The number of terminal acetylenes is 1. The standard InChI is InChI=1S/C33H31FN8/c1-4-22-8-5-9-23-16-24(35)17-25(27(22)23)29-28(34)30-31(40-39-29)32(41-18-20(2)36-21(3)19-41)38-26(37-30)10-13-33-11-6-14-42(33)15-7-12-33/h1,5,8-9,16-17,21,36H,2,6-7,11-12,14-15,18-19,35H2,3H3/t21-/m0/s1. The molecule has 3 fully saturated rings. The van der Waals surface area contributed by atoms with E-state index in [0.29, 0.717) is 41.1 Å². The monoisotopic (exact) mass is 558 g/mol. The Kier molecular flexibility index (Phi) is 6.22. The minimum absolute atomic E-state index is 0.0282. The molecule has 0 radical (unpaired) electrons. The quantitative estimate of drug-likeness (QED) is 0.279. The molecule has 0 aliphatic carbocycles. The van der Waals surface area contributed by atoms with Gasteiger partial charge in [0.25, 0.3) is 0 Å². The minimum atomic E-state index is -0.617. The molecule has 3 N–H and O–H groups in total. The molecule has 0 bridgehead atoms. The number of nitrogens with zero attached hydrogens (tertiary/aromatic N) is 6. The second-order valence-corrected chi connectivity index (χ2v) is 11.6. The molecule has 8 nitrogen and oxygen atoms in total. The highest BCUT2D eigenvalue weighted by atomic mass is 19.1. The van der Waals surface area contributed by atoms with Crippen molar-refractivity contribution < 1.29 is 4.39 Å². The van der Waals surface area contributed by atoms with Crippen molar-refractivity contribution in [3.8, 4) is 35.4 Å². The van der Waals surface area contributed by atoms with Crippen LogP contribution in [0.15, 0.2) is 42.6 Å². The van der Waals surface area contributed by atoms with Crippen LogP contribution in [0.3, 0.4) is 0 Å². The van der Waals surface area contributed by atoms with Crippen molar-refractivity contribution in [2.24, 2.45) is 0 Å². The summed E-state index contributed by atoms with van der Waals surface area (Å²) in [4.78, 5) is 14.0. The van der Waals surface area contributed by atoms with Gasteiger partial charge >= 0.3 is 0 Å². The molecule has 3 aliphatic rings. The topological polar surface area (TPSA) is 96.1 Å². The van der Waals surface area contributed by atoms with Gasteiger partial charge < -0.3 is 16.0 Å². The molecule has 1 atom stereocenters. The lowest BCUT2D eigenvalue weighted by atomic mass is 9.95. The van der Waals surface area contributed by atoms with Gasteiger partial charge in [0, 0.05) is 40.5 Å². The Labute approximate surface area is 244 Å². The van der Waals surface area contributed by atoms with Crippen molar-refractivity contribution in [3.05, 3.63) is 59.8 Å². The van der Waals surface area contributed by atoms with Crippen LogP contribution in [0.25, 0.3) is 33.1 Å². The second kappa shape index (κ2) is 9.97. The lowest BCUT2D eigenvalue weighted by molar-refractivity contribution is 0.261. The molecule has 9 heteroatoms. The van der Waals surface area contributed by atoms with E-state index in [1.165, 1.54) is 0 Å². The van der Waals surface area contributed by atoms with Crippen LogP contribution < -0.4 is 16.0 Å². The maximum absolute atomic E-state index is 16.7. The molecule has 0 spiro atoms. The number of fused-ring (bicyclic) bond motifs is 3. The van der Waals surface area contributed by atoms with E-state index < -0.39 is 5.82 Å². The highest BCUT2D eigenvalue weighted by Crippen LogP contribution is 2.39. The summed E-state index contributed by atoms with van der Waals surface area (Å²) in [6.07, 6.45) is 10.1. The van der Waals surface area contributed by atoms with E-state index in [4.69, 9.17) is 17.1 Å². The first-order valence-electron chi connectivity index (χ1n) is 14.4. The van der Waals surface area contributed by atoms with E-state index >= 15 is 4.39 Å². The van der Waals surface area contributed by atoms with Gasteiger partial charge in [0.15, 0.2) is 17.2 Å².